The van der Waals surface area contributed by atoms with E-state index in [0.29, 0.717) is 30.0 Å². The van der Waals surface area contributed by atoms with Crippen LogP contribution in [0.4, 0.5) is 27.5 Å². The first kappa shape index (κ1) is 16.9. The third-order valence-corrected chi connectivity index (χ3v) is 4.60. The second-order valence-electron chi connectivity index (χ2n) is 6.52. The summed E-state index contributed by atoms with van der Waals surface area (Å²) in [7, 11) is 1.83. The van der Waals surface area contributed by atoms with Crippen molar-refractivity contribution in [1.82, 2.24) is 5.32 Å². The second-order valence-corrected chi connectivity index (χ2v) is 6.52. The highest BCUT2D eigenvalue weighted by atomic mass is 16.2. The minimum absolute atomic E-state index is 0.112. The molecule has 2 aromatic rings. The molecule has 1 saturated heterocycles. The normalized spacial score (nSPS) is 15.9. The van der Waals surface area contributed by atoms with E-state index in [2.05, 4.69) is 16.0 Å². The van der Waals surface area contributed by atoms with Crippen LogP contribution in [0.15, 0.2) is 42.5 Å². The molecule has 2 heterocycles. The summed E-state index contributed by atoms with van der Waals surface area (Å²) in [5.41, 5.74) is 3.24. The Kier molecular flexibility index (Phi) is 4.15. The van der Waals surface area contributed by atoms with Crippen molar-refractivity contribution in [2.24, 2.45) is 0 Å². The molecule has 2 aliphatic rings. The molecule has 0 bridgehead atoms. The molecule has 8 heteroatoms. The van der Waals surface area contributed by atoms with Crippen LogP contribution >= 0.6 is 0 Å². The smallest absolute Gasteiger partial charge is 0.321 e. The van der Waals surface area contributed by atoms with E-state index in [9.17, 15) is 14.4 Å². The summed E-state index contributed by atoms with van der Waals surface area (Å²) >= 11 is 0. The molecule has 0 aliphatic carbocycles. The van der Waals surface area contributed by atoms with Crippen molar-refractivity contribution in [2.45, 2.75) is 0 Å². The van der Waals surface area contributed by atoms with Gasteiger partial charge in [-0.05, 0) is 36.4 Å². The van der Waals surface area contributed by atoms with Crippen molar-refractivity contribution in [3.8, 4) is 0 Å². The van der Waals surface area contributed by atoms with Gasteiger partial charge in [0.05, 0.1) is 17.9 Å². The van der Waals surface area contributed by atoms with E-state index in [4.69, 9.17) is 0 Å². The van der Waals surface area contributed by atoms with Crippen molar-refractivity contribution in [2.75, 3.05) is 47.1 Å². The monoisotopic (exact) mass is 365 g/mol. The Bertz CT molecular complexity index is 943. The topological polar surface area (TPSA) is 93.8 Å². The summed E-state index contributed by atoms with van der Waals surface area (Å²) < 4.78 is 0. The third kappa shape index (κ3) is 3.29. The predicted octanol–water partition coefficient (Wildman–Crippen LogP) is 1.86. The first-order valence-electron chi connectivity index (χ1n) is 8.63. The first-order valence-corrected chi connectivity index (χ1v) is 8.63. The average molecular weight is 365 g/mol. The predicted molar refractivity (Wildman–Crippen MR) is 103 cm³/mol. The Hall–Kier alpha value is -3.55. The van der Waals surface area contributed by atoms with Gasteiger partial charge in [0.15, 0.2) is 0 Å². The Labute approximate surface area is 156 Å². The molecule has 0 atom stereocenters. The van der Waals surface area contributed by atoms with Crippen molar-refractivity contribution < 1.29 is 14.4 Å². The lowest BCUT2D eigenvalue weighted by Crippen LogP contribution is -2.35. The summed E-state index contributed by atoms with van der Waals surface area (Å²) in [6.45, 7) is 1.48. The Morgan fingerprint density at radius 2 is 2.00 bits per heavy atom. The average Bonchev–Trinajstić information content (AvgIpc) is 3.07. The van der Waals surface area contributed by atoms with Gasteiger partial charge in [0, 0.05) is 37.1 Å². The van der Waals surface area contributed by atoms with E-state index >= 15 is 0 Å². The van der Waals surface area contributed by atoms with Crippen LogP contribution in [0.3, 0.4) is 0 Å². The second kappa shape index (κ2) is 6.64. The molecule has 0 spiro atoms. The number of likely N-dealkylation sites (N-methyl/N-ethyl adjacent to an activating group) is 1. The highest BCUT2D eigenvalue weighted by molar-refractivity contribution is 6.08. The van der Waals surface area contributed by atoms with Crippen molar-refractivity contribution in [3.63, 3.8) is 0 Å². The molecule has 0 unspecified atom stereocenters. The summed E-state index contributed by atoms with van der Waals surface area (Å²) in [5, 5.41) is 8.38. The van der Waals surface area contributed by atoms with Crippen LogP contribution in [0, 0.1) is 0 Å². The molecular weight excluding hydrogens is 346 g/mol. The molecule has 2 aromatic carbocycles. The number of amides is 4. The number of nitrogens with one attached hydrogen (secondary N) is 3. The van der Waals surface area contributed by atoms with E-state index in [0.717, 1.165) is 11.4 Å². The van der Waals surface area contributed by atoms with Gasteiger partial charge in [-0.1, -0.05) is 6.07 Å². The number of rotatable bonds is 3. The quantitative estimate of drug-likeness (QED) is 0.774. The summed E-state index contributed by atoms with van der Waals surface area (Å²) in [6, 6.07) is 12.2. The standard InChI is InChI=1S/C19H19N5O3/c1-23-11-17(25)22-15-9-12(5-6-16(15)23)18(26)21-13-3-2-4-14(10-13)24-8-7-20-19(24)27/h2-6,9-10H,7-8,11H2,1H3,(H,20,27)(H,21,26)(H,22,25). The fourth-order valence-electron chi connectivity index (χ4n) is 3.27. The van der Waals surface area contributed by atoms with Crippen molar-refractivity contribution in [1.29, 1.82) is 0 Å². The lowest BCUT2D eigenvalue weighted by molar-refractivity contribution is -0.115. The van der Waals surface area contributed by atoms with E-state index in [1.165, 1.54) is 0 Å². The maximum Gasteiger partial charge on any atom is 0.321 e. The molecule has 8 nitrogen and oxygen atoms in total. The van der Waals surface area contributed by atoms with Gasteiger partial charge in [0.2, 0.25) is 5.91 Å². The van der Waals surface area contributed by atoms with E-state index in [1.807, 2.05) is 24.1 Å². The SMILES string of the molecule is CN1CC(=O)Nc2cc(C(=O)Nc3cccc(N4CCNC4=O)c3)ccc21. The van der Waals surface area contributed by atoms with Gasteiger partial charge in [-0.15, -0.1) is 0 Å². The lowest BCUT2D eigenvalue weighted by Gasteiger charge is -2.27. The largest absolute Gasteiger partial charge is 0.364 e. The number of anilines is 4. The zero-order valence-electron chi connectivity index (χ0n) is 14.8. The summed E-state index contributed by atoms with van der Waals surface area (Å²) in [6.07, 6.45) is 0. The molecule has 3 N–H and O–H groups in total. The Balaban J connectivity index is 1.54. The fourth-order valence-corrected chi connectivity index (χ4v) is 3.27. The minimum Gasteiger partial charge on any atom is -0.364 e. The number of hydrogen-bond acceptors (Lipinski definition) is 4. The van der Waals surface area contributed by atoms with Gasteiger partial charge < -0.3 is 20.9 Å². The van der Waals surface area contributed by atoms with Crippen molar-refractivity contribution in [3.05, 3.63) is 48.0 Å². The Morgan fingerprint density at radius 3 is 2.78 bits per heavy atom. The maximum atomic E-state index is 12.6. The van der Waals surface area contributed by atoms with Gasteiger partial charge in [0.1, 0.15) is 0 Å². The van der Waals surface area contributed by atoms with Crippen LogP contribution in [0.1, 0.15) is 10.4 Å². The number of fused-ring (bicyclic) bond motifs is 1. The van der Waals surface area contributed by atoms with E-state index in [-0.39, 0.29) is 24.4 Å². The summed E-state index contributed by atoms with van der Waals surface area (Å²) in [4.78, 5) is 39.6. The molecule has 4 rings (SSSR count). The molecule has 0 saturated carbocycles. The van der Waals surface area contributed by atoms with E-state index in [1.54, 1.807) is 35.2 Å². The van der Waals surface area contributed by atoms with Crippen LogP contribution in [-0.4, -0.2) is 44.5 Å². The number of urea groups is 1. The third-order valence-electron chi connectivity index (χ3n) is 4.60. The zero-order chi connectivity index (χ0) is 19.0. The van der Waals surface area contributed by atoms with Crippen LogP contribution in [-0.2, 0) is 4.79 Å². The van der Waals surface area contributed by atoms with Gasteiger partial charge in [-0.3, -0.25) is 14.5 Å². The number of carbonyl (C=O) groups is 3. The molecule has 0 aromatic heterocycles. The van der Waals surface area contributed by atoms with Gasteiger partial charge in [-0.25, -0.2) is 4.79 Å². The molecular formula is C19H19N5O3. The van der Waals surface area contributed by atoms with Crippen LogP contribution < -0.4 is 25.8 Å². The minimum atomic E-state index is -0.289. The highest BCUT2D eigenvalue weighted by Crippen LogP contribution is 2.29. The number of benzene rings is 2. The first-order chi connectivity index (χ1) is 13.0. The van der Waals surface area contributed by atoms with Gasteiger partial charge in [0.25, 0.3) is 5.91 Å². The van der Waals surface area contributed by atoms with Crippen LogP contribution in [0.25, 0.3) is 0 Å². The molecule has 138 valence electrons. The number of carbonyl (C=O) groups excluding carboxylic acids is 3. The van der Waals surface area contributed by atoms with Crippen molar-refractivity contribution >= 4 is 40.6 Å². The van der Waals surface area contributed by atoms with Crippen LogP contribution in [0.5, 0.6) is 0 Å². The summed E-state index contributed by atoms with van der Waals surface area (Å²) in [5.74, 6) is -0.401. The van der Waals surface area contributed by atoms with Crippen LogP contribution in [0.2, 0.25) is 0 Å². The number of nitrogens with zero attached hydrogens (tertiary/aromatic N) is 2. The van der Waals surface area contributed by atoms with E-state index < -0.39 is 0 Å². The highest BCUT2D eigenvalue weighted by Gasteiger charge is 2.22. The maximum absolute atomic E-state index is 12.6. The fraction of sp³-hybridized carbons (Fsp3) is 0.211. The number of hydrogen-bond donors (Lipinski definition) is 3. The Morgan fingerprint density at radius 1 is 1.15 bits per heavy atom. The lowest BCUT2D eigenvalue weighted by atomic mass is 10.1. The molecule has 1 fully saturated rings. The molecule has 0 radical (unpaired) electrons. The zero-order valence-corrected chi connectivity index (χ0v) is 14.8. The molecule has 27 heavy (non-hydrogen) atoms. The molecule has 2 aliphatic heterocycles. The molecule has 4 amide bonds. The van der Waals surface area contributed by atoms with Gasteiger partial charge in [-0.2, -0.15) is 0 Å². The van der Waals surface area contributed by atoms with Gasteiger partial charge >= 0.3 is 6.03 Å².